The van der Waals surface area contributed by atoms with E-state index in [1.54, 1.807) is 0 Å². The van der Waals surface area contributed by atoms with E-state index in [0.717, 1.165) is 11.1 Å². The van der Waals surface area contributed by atoms with Gasteiger partial charge in [-0.15, -0.1) is 0 Å². The van der Waals surface area contributed by atoms with Crippen LogP contribution < -0.4 is 16.0 Å². The molecular formula is C30H43N3O5. The van der Waals surface area contributed by atoms with Crippen LogP contribution in [0, 0.1) is 11.8 Å². The fraction of sp³-hybridized carbons (Fsp3) is 0.500. The highest BCUT2D eigenvalue weighted by atomic mass is 16.4. The van der Waals surface area contributed by atoms with E-state index in [9.17, 15) is 24.6 Å². The molecule has 0 radical (unpaired) electrons. The van der Waals surface area contributed by atoms with Crippen molar-refractivity contribution in [1.29, 1.82) is 0 Å². The van der Waals surface area contributed by atoms with Gasteiger partial charge in [0.05, 0.1) is 12.5 Å². The zero-order valence-corrected chi connectivity index (χ0v) is 22.7. The van der Waals surface area contributed by atoms with Crippen LogP contribution in [0.15, 0.2) is 60.7 Å². The first-order valence-electron chi connectivity index (χ1n) is 13.5. The van der Waals surface area contributed by atoms with E-state index in [0.29, 0.717) is 31.7 Å². The second-order valence-corrected chi connectivity index (χ2v) is 10.2. The number of amides is 2. The van der Waals surface area contributed by atoms with Gasteiger partial charge in [-0.3, -0.25) is 9.59 Å². The van der Waals surface area contributed by atoms with Gasteiger partial charge in [0, 0.05) is 18.5 Å². The summed E-state index contributed by atoms with van der Waals surface area (Å²) in [6.45, 7) is 6.85. The number of carbonyl (C=O) groups is 3. The Balaban J connectivity index is 2.00. The highest BCUT2D eigenvalue weighted by Gasteiger charge is 2.27. The van der Waals surface area contributed by atoms with Crippen LogP contribution in [0.3, 0.4) is 0 Å². The number of carboxylic acid groups (broad SMARTS) is 1. The van der Waals surface area contributed by atoms with Gasteiger partial charge in [-0.2, -0.15) is 0 Å². The maximum Gasteiger partial charge on any atom is 0.326 e. The first kappa shape index (κ1) is 31.0. The molecule has 0 aliphatic carbocycles. The molecule has 8 nitrogen and oxygen atoms in total. The minimum atomic E-state index is -1.11. The van der Waals surface area contributed by atoms with Crippen molar-refractivity contribution in [2.75, 3.05) is 13.1 Å². The number of carbonyl (C=O) groups excluding carboxylic acids is 2. The standard InChI is InChI=1S/C30H43N3O5/c1-4-24(29(36)32-20-21(2)3)19-27(34)26(17-22-11-7-5-8-12-22)31-16-15-25(30(37)38)33-28(35)18-23-13-9-6-10-14-23/h5-14,21,24-27,31,34H,4,15-20H2,1-3H3,(H,32,36)(H,33,35)(H,37,38)/t24-,25+,26+,27+/m1/s1. The summed E-state index contributed by atoms with van der Waals surface area (Å²) in [6, 6.07) is 17.4. The van der Waals surface area contributed by atoms with Gasteiger partial charge in [0.1, 0.15) is 6.04 Å². The summed E-state index contributed by atoms with van der Waals surface area (Å²) < 4.78 is 0. The average Bonchev–Trinajstić information content (AvgIpc) is 2.90. The summed E-state index contributed by atoms with van der Waals surface area (Å²) in [6.07, 6.45) is 0.851. The molecule has 0 aromatic heterocycles. The van der Waals surface area contributed by atoms with Crippen molar-refractivity contribution >= 4 is 17.8 Å². The van der Waals surface area contributed by atoms with Gasteiger partial charge in [-0.25, -0.2) is 4.79 Å². The summed E-state index contributed by atoms with van der Waals surface area (Å²) in [4.78, 5) is 36.9. The summed E-state index contributed by atoms with van der Waals surface area (Å²) in [5.74, 6) is -1.52. The van der Waals surface area contributed by atoms with Crippen molar-refractivity contribution < 1.29 is 24.6 Å². The number of benzene rings is 2. The van der Waals surface area contributed by atoms with Gasteiger partial charge in [0.2, 0.25) is 11.8 Å². The van der Waals surface area contributed by atoms with Crippen LogP contribution in [0.4, 0.5) is 0 Å². The Kier molecular flexibility index (Phi) is 13.5. The van der Waals surface area contributed by atoms with E-state index in [1.165, 1.54) is 0 Å². The Labute approximate surface area is 226 Å². The quantitative estimate of drug-likeness (QED) is 0.216. The van der Waals surface area contributed by atoms with Crippen molar-refractivity contribution in [2.24, 2.45) is 11.8 Å². The van der Waals surface area contributed by atoms with Crippen molar-refractivity contribution in [2.45, 2.75) is 71.1 Å². The number of rotatable bonds is 17. The molecule has 0 heterocycles. The van der Waals surface area contributed by atoms with Crippen LogP contribution in [0.1, 0.15) is 51.2 Å². The molecule has 2 rings (SSSR count). The van der Waals surface area contributed by atoms with Crippen LogP contribution in [-0.2, 0) is 27.2 Å². The van der Waals surface area contributed by atoms with E-state index in [4.69, 9.17) is 0 Å². The van der Waals surface area contributed by atoms with E-state index in [-0.39, 0.29) is 43.2 Å². The number of hydrogen-bond acceptors (Lipinski definition) is 5. The average molecular weight is 526 g/mol. The zero-order chi connectivity index (χ0) is 27.9. The second kappa shape index (κ2) is 16.6. The molecule has 0 saturated carbocycles. The lowest BCUT2D eigenvalue weighted by molar-refractivity contribution is -0.141. The van der Waals surface area contributed by atoms with Gasteiger partial charge >= 0.3 is 5.97 Å². The Morgan fingerprint density at radius 1 is 0.921 bits per heavy atom. The van der Waals surface area contributed by atoms with Gasteiger partial charge < -0.3 is 26.2 Å². The third-order valence-corrected chi connectivity index (χ3v) is 6.52. The molecular weight excluding hydrogens is 482 g/mol. The molecule has 0 saturated heterocycles. The lowest BCUT2D eigenvalue weighted by Crippen LogP contribution is -2.47. The van der Waals surface area contributed by atoms with Crippen molar-refractivity contribution in [3.63, 3.8) is 0 Å². The highest BCUT2D eigenvalue weighted by molar-refractivity contribution is 5.84. The van der Waals surface area contributed by atoms with Crippen molar-refractivity contribution in [3.8, 4) is 0 Å². The number of hydrogen-bond donors (Lipinski definition) is 5. The first-order chi connectivity index (χ1) is 18.2. The molecule has 208 valence electrons. The summed E-state index contributed by atoms with van der Waals surface area (Å²) in [5, 5.41) is 29.7. The number of aliphatic carboxylic acids is 1. The fourth-order valence-electron chi connectivity index (χ4n) is 4.27. The van der Waals surface area contributed by atoms with E-state index >= 15 is 0 Å². The largest absolute Gasteiger partial charge is 0.480 e. The topological polar surface area (TPSA) is 128 Å². The van der Waals surface area contributed by atoms with Crippen LogP contribution in [0.25, 0.3) is 0 Å². The van der Waals surface area contributed by atoms with Gasteiger partial charge in [0.25, 0.3) is 0 Å². The molecule has 2 amide bonds. The smallest absolute Gasteiger partial charge is 0.326 e. The van der Waals surface area contributed by atoms with Gasteiger partial charge in [0.15, 0.2) is 0 Å². The Morgan fingerprint density at radius 3 is 2.08 bits per heavy atom. The minimum absolute atomic E-state index is 0.0641. The Bertz CT molecular complexity index is 984. The number of aliphatic hydroxyl groups excluding tert-OH is 1. The molecule has 2 aromatic rings. The minimum Gasteiger partial charge on any atom is -0.480 e. The lowest BCUT2D eigenvalue weighted by Gasteiger charge is -2.28. The van der Waals surface area contributed by atoms with Crippen LogP contribution in [0.2, 0.25) is 0 Å². The normalized spacial score (nSPS) is 14.3. The van der Waals surface area contributed by atoms with Crippen molar-refractivity contribution in [3.05, 3.63) is 71.8 Å². The molecule has 0 bridgehead atoms. The van der Waals surface area contributed by atoms with E-state index < -0.39 is 18.1 Å². The molecule has 0 spiro atoms. The van der Waals surface area contributed by atoms with Crippen LogP contribution in [-0.4, -0.2) is 59.3 Å². The van der Waals surface area contributed by atoms with E-state index in [2.05, 4.69) is 16.0 Å². The molecule has 0 fully saturated rings. The third-order valence-electron chi connectivity index (χ3n) is 6.52. The summed E-state index contributed by atoms with van der Waals surface area (Å²) in [5.41, 5.74) is 1.83. The monoisotopic (exact) mass is 525 g/mol. The molecule has 38 heavy (non-hydrogen) atoms. The Morgan fingerprint density at radius 2 is 1.53 bits per heavy atom. The number of nitrogens with one attached hydrogen (secondary N) is 3. The lowest BCUT2D eigenvalue weighted by atomic mass is 9.91. The third kappa shape index (κ3) is 11.4. The summed E-state index contributed by atoms with van der Waals surface area (Å²) in [7, 11) is 0. The summed E-state index contributed by atoms with van der Waals surface area (Å²) >= 11 is 0. The molecule has 0 aliphatic rings. The maximum absolute atomic E-state index is 12.7. The highest BCUT2D eigenvalue weighted by Crippen LogP contribution is 2.17. The first-order valence-corrected chi connectivity index (χ1v) is 13.5. The Hall–Kier alpha value is -3.23. The molecule has 0 unspecified atom stereocenters. The molecule has 2 aromatic carbocycles. The van der Waals surface area contributed by atoms with Crippen molar-refractivity contribution in [1.82, 2.24) is 16.0 Å². The van der Waals surface area contributed by atoms with Crippen LogP contribution in [0.5, 0.6) is 0 Å². The second-order valence-electron chi connectivity index (χ2n) is 10.2. The fourth-order valence-corrected chi connectivity index (χ4v) is 4.27. The van der Waals surface area contributed by atoms with Gasteiger partial charge in [-0.1, -0.05) is 81.4 Å². The molecule has 0 aliphatic heterocycles. The maximum atomic E-state index is 12.7. The zero-order valence-electron chi connectivity index (χ0n) is 22.7. The number of carboxylic acids is 1. The number of aliphatic hydroxyl groups is 1. The van der Waals surface area contributed by atoms with Crippen LogP contribution >= 0.6 is 0 Å². The predicted octanol–water partition coefficient (Wildman–Crippen LogP) is 2.94. The van der Waals surface area contributed by atoms with E-state index in [1.807, 2.05) is 81.4 Å². The molecule has 5 N–H and O–H groups in total. The van der Waals surface area contributed by atoms with Gasteiger partial charge in [-0.05, 0) is 49.3 Å². The molecule has 8 heteroatoms. The SMILES string of the molecule is CC[C@H](C[C@H](O)[C@H](Cc1ccccc1)NCC[C@H](NC(=O)Cc1ccccc1)C(=O)O)C(=O)NCC(C)C. The predicted molar refractivity (Wildman–Crippen MR) is 149 cm³/mol. The molecule has 4 atom stereocenters.